The Balaban J connectivity index is 1.57. The van der Waals surface area contributed by atoms with Gasteiger partial charge in [-0.2, -0.15) is 0 Å². The number of carbonyl (C=O) groups excluding carboxylic acids is 2. The number of benzene rings is 1. The summed E-state index contributed by atoms with van der Waals surface area (Å²) < 4.78 is 21.9. The zero-order valence-corrected chi connectivity index (χ0v) is 22.9. The van der Waals surface area contributed by atoms with E-state index in [1.807, 2.05) is 21.3 Å². The molecule has 0 radical (unpaired) electrons. The van der Waals surface area contributed by atoms with Crippen LogP contribution in [0.3, 0.4) is 0 Å². The third kappa shape index (κ3) is 5.34. The highest BCUT2D eigenvalue weighted by Crippen LogP contribution is 2.38. The van der Waals surface area contributed by atoms with E-state index in [9.17, 15) is 14.4 Å². The molecule has 2 aliphatic rings. The fraction of sp³-hybridized carbons (Fsp3) is 0.577. The molecule has 1 aliphatic heterocycles. The quantitative estimate of drug-likeness (QED) is 0.416. The van der Waals surface area contributed by atoms with Gasteiger partial charge in [-0.05, 0) is 36.8 Å². The van der Waals surface area contributed by atoms with Crippen molar-refractivity contribution in [3.63, 3.8) is 0 Å². The van der Waals surface area contributed by atoms with Gasteiger partial charge in [0.1, 0.15) is 11.4 Å². The van der Waals surface area contributed by atoms with Gasteiger partial charge in [0.05, 0.1) is 11.2 Å². The lowest BCUT2D eigenvalue weighted by Crippen LogP contribution is -2.50. The van der Waals surface area contributed by atoms with Gasteiger partial charge in [0.2, 0.25) is 11.3 Å². The van der Waals surface area contributed by atoms with Gasteiger partial charge in [-0.3, -0.25) is 9.59 Å². The highest BCUT2D eigenvalue weighted by atomic mass is 127. The van der Waals surface area contributed by atoms with Crippen molar-refractivity contribution in [1.29, 1.82) is 0 Å². The van der Waals surface area contributed by atoms with E-state index in [1.165, 1.54) is 29.1 Å². The molecule has 1 aromatic carbocycles. The zero-order valence-electron chi connectivity index (χ0n) is 20.8. The number of anilines is 1. The number of halogens is 2. The van der Waals surface area contributed by atoms with Gasteiger partial charge < -0.3 is 17.4 Å². The summed E-state index contributed by atoms with van der Waals surface area (Å²) in [5, 5.41) is 0.179. The minimum atomic E-state index is -0.728. The average molecular weight is 597 g/mol. The summed E-state index contributed by atoms with van der Waals surface area (Å²) in [5.41, 5.74) is 0.549. The second-order valence-corrected chi connectivity index (χ2v) is 11.1. The van der Waals surface area contributed by atoms with Crippen molar-refractivity contribution in [2.75, 3.05) is 31.1 Å². The van der Waals surface area contributed by atoms with Gasteiger partial charge in [-0.15, -0.1) is 0 Å². The number of aromatic nitrogens is 1. The molecule has 1 saturated carbocycles. The van der Waals surface area contributed by atoms with Gasteiger partial charge >= 0.3 is 5.97 Å². The molecule has 4 rings (SSSR count). The molecule has 2 aromatic rings. The highest BCUT2D eigenvalue weighted by Gasteiger charge is 2.31. The van der Waals surface area contributed by atoms with Gasteiger partial charge in [-0.1, -0.05) is 34.1 Å². The van der Waals surface area contributed by atoms with E-state index in [-0.39, 0.29) is 34.2 Å². The van der Waals surface area contributed by atoms with Gasteiger partial charge in [0, 0.05) is 49.7 Å². The smallest absolute Gasteiger partial charge is 0.353 e. The third-order valence-electron chi connectivity index (χ3n) is 7.50. The van der Waals surface area contributed by atoms with E-state index in [4.69, 9.17) is 3.07 Å². The van der Waals surface area contributed by atoms with Crippen LogP contribution in [0.5, 0.6) is 0 Å². The second kappa shape index (κ2) is 10.1. The lowest BCUT2D eigenvalue weighted by molar-refractivity contribution is -0.136. The van der Waals surface area contributed by atoms with E-state index in [2.05, 4.69) is 20.8 Å². The minimum Gasteiger partial charge on any atom is -0.391 e. The second-order valence-electron chi connectivity index (χ2n) is 10.6. The van der Waals surface area contributed by atoms with E-state index in [1.54, 1.807) is 12.3 Å². The molecule has 1 aliphatic carbocycles. The maximum absolute atomic E-state index is 15.3. The standard InChI is InChI=1S/C26H33FIN3O4/c1-5-26(3,4)14-16(2)24(33)30-10-8-29(9-11-30)22-13-21-18(12-20(22)27)23(32)19(25(34)35-28)15-31(21)17-6-7-17/h12-13,15-17H,5-11,14H2,1-4H3. The van der Waals surface area contributed by atoms with Gasteiger partial charge in [0.25, 0.3) is 0 Å². The lowest BCUT2D eigenvalue weighted by Gasteiger charge is -2.38. The minimum absolute atomic E-state index is 0.0506. The molecule has 0 bridgehead atoms. The molecule has 0 N–H and O–H groups in total. The van der Waals surface area contributed by atoms with Gasteiger partial charge in [-0.25, -0.2) is 9.18 Å². The predicted octanol–water partition coefficient (Wildman–Crippen LogP) is 5.09. The van der Waals surface area contributed by atoms with Crippen LogP contribution in [0, 0.1) is 17.2 Å². The van der Waals surface area contributed by atoms with Crippen LogP contribution in [-0.4, -0.2) is 47.5 Å². The molecule has 1 unspecified atom stereocenters. The fourth-order valence-corrected chi connectivity index (χ4v) is 5.22. The maximum atomic E-state index is 15.3. The number of amides is 1. The number of hydrogen-bond acceptors (Lipinski definition) is 5. The van der Waals surface area contributed by atoms with E-state index >= 15 is 4.39 Å². The Morgan fingerprint density at radius 3 is 2.43 bits per heavy atom. The van der Waals surface area contributed by atoms with E-state index in [0.717, 1.165) is 25.7 Å². The normalized spacial score (nSPS) is 17.5. The first-order valence-electron chi connectivity index (χ1n) is 12.3. The first kappa shape index (κ1) is 25.9. The van der Waals surface area contributed by atoms with Crippen LogP contribution in [0.25, 0.3) is 10.9 Å². The Hall–Kier alpha value is -2.17. The number of pyridine rings is 1. The Kier molecular flexibility index (Phi) is 7.45. The summed E-state index contributed by atoms with van der Waals surface area (Å²) in [7, 11) is 0. The largest absolute Gasteiger partial charge is 0.391 e. The van der Waals surface area contributed by atoms with Crippen LogP contribution < -0.4 is 10.3 Å². The van der Waals surface area contributed by atoms with Crippen LogP contribution in [-0.2, 0) is 7.86 Å². The monoisotopic (exact) mass is 597 g/mol. The molecule has 7 nitrogen and oxygen atoms in total. The Labute approximate surface area is 219 Å². The van der Waals surface area contributed by atoms with Crippen LogP contribution >= 0.6 is 23.0 Å². The Morgan fingerprint density at radius 2 is 1.86 bits per heavy atom. The lowest BCUT2D eigenvalue weighted by atomic mass is 9.81. The van der Waals surface area contributed by atoms with Crippen LogP contribution in [0.2, 0.25) is 0 Å². The average Bonchev–Trinajstić information content (AvgIpc) is 3.68. The highest BCUT2D eigenvalue weighted by molar-refractivity contribution is 14.1. The Bertz CT molecular complexity index is 1200. The van der Waals surface area contributed by atoms with Crippen molar-refractivity contribution in [3.05, 3.63) is 39.9 Å². The summed E-state index contributed by atoms with van der Waals surface area (Å²) in [6.07, 6.45) is 5.29. The van der Waals surface area contributed by atoms with Crippen molar-refractivity contribution >= 4 is 51.5 Å². The molecule has 190 valence electrons. The molecule has 1 amide bonds. The van der Waals surface area contributed by atoms with Crippen LogP contribution in [0.1, 0.15) is 69.8 Å². The molecule has 1 atom stereocenters. The molecular formula is C26H33FIN3O4. The molecule has 2 fully saturated rings. The molecule has 9 heteroatoms. The number of fused-ring (bicyclic) bond motifs is 1. The van der Waals surface area contributed by atoms with E-state index < -0.39 is 17.2 Å². The molecule has 2 heterocycles. The first-order valence-corrected chi connectivity index (χ1v) is 13.2. The molecular weight excluding hydrogens is 564 g/mol. The third-order valence-corrected chi connectivity index (χ3v) is 7.90. The SMILES string of the molecule is CCC(C)(C)CC(C)C(=O)N1CCN(c2cc3c(cc2F)c(=O)c(C(=O)OI)cn3C2CC2)CC1. The summed E-state index contributed by atoms with van der Waals surface area (Å²) >= 11 is 1.45. The Morgan fingerprint density at radius 1 is 1.20 bits per heavy atom. The van der Waals surface area contributed by atoms with Crippen molar-refractivity contribution in [3.8, 4) is 0 Å². The molecule has 35 heavy (non-hydrogen) atoms. The van der Waals surface area contributed by atoms with Crippen LogP contribution in [0.15, 0.2) is 23.1 Å². The van der Waals surface area contributed by atoms with Crippen molar-refractivity contribution in [2.24, 2.45) is 11.3 Å². The maximum Gasteiger partial charge on any atom is 0.353 e. The predicted molar refractivity (Wildman–Crippen MR) is 143 cm³/mol. The summed E-state index contributed by atoms with van der Waals surface area (Å²) in [6, 6.07) is 3.14. The fourth-order valence-electron chi connectivity index (χ4n) is 4.98. The van der Waals surface area contributed by atoms with E-state index in [0.29, 0.717) is 37.4 Å². The number of carbonyl (C=O) groups is 2. The van der Waals surface area contributed by atoms with Crippen molar-refractivity contribution < 1.29 is 17.0 Å². The molecule has 0 spiro atoms. The van der Waals surface area contributed by atoms with Crippen LogP contribution in [0.4, 0.5) is 10.1 Å². The zero-order chi connectivity index (χ0) is 25.5. The summed E-state index contributed by atoms with van der Waals surface area (Å²) in [6.45, 7) is 10.6. The molecule has 1 saturated heterocycles. The number of hydrogen-bond donors (Lipinski definition) is 0. The topological polar surface area (TPSA) is 71.8 Å². The first-order chi connectivity index (χ1) is 16.6. The van der Waals surface area contributed by atoms with Gasteiger partial charge in [0.15, 0.2) is 23.0 Å². The molecule has 1 aromatic heterocycles. The van der Waals surface area contributed by atoms with Crippen molar-refractivity contribution in [2.45, 2.75) is 59.4 Å². The number of nitrogens with zero attached hydrogens (tertiary/aromatic N) is 3. The number of piperazine rings is 1. The number of rotatable bonds is 7. The van der Waals surface area contributed by atoms with Crippen molar-refractivity contribution in [1.82, 2.24) is 9.47 Å². The summed E-state index contributed by atoms with van der Waals surface area (Å²) in [5.74, 6) is -1.13. The summed E-state index contributed by atoms with van der Waals surface area (Å²) in [4.78, 5) is 41.9.